The van der Waals surface area contributed by atoms with Crippen LogP contribution in [0, 0.1) is 0 Å². The number of hydrogen-bond donors (Lipinski definition) is 1. The Morgan fingerprint density at radius 1 is 1.17 bits per heavy atom. The maximum atomic E-state index is 5.37. The molecule has 0 spiro atoms. The highest BCUT2D eigenvalue weighted by Crippen LogP contribution is 2.40. The molecule has 0 atom stereocenters. The molecule has 1 rings (SSSR count). The summed E-state index contributed by atoms with van der Waals surface area (Å²) >= 11 is 3.62. The summed E-state index contributed by atoms with van der Waals surface area (Å²) in [5.41, 5.74) is 1.30. The van der Waals surface area contributed by atoms with Crippen molar-refractivity contribution in [3.63, 3.8) is 0 Å². The van der Waals surface area contributed by atoms with Crippen LogP contribution in [0.25, 0.3) is 0 Å². The van der Waals surface area contributed by atoms with Gasteiger partial charge in [-0.15, -0.1) is 0 Å². The van der Waals surface area contributed by atoms with Crippen molar-refractivity contribution in [2.75, 3.05) is 27.8 Å². The van der Waals surface area contributed by atoms with Crippen molar-refractivity contribution in [1.29, 1.82) is 0 Å². The van der Waals surface area contributed by atoms with Crippen molar-refractivity contribution in [1.82, 2.24) is 5.32 Å². The third kappa shape index (κ3) is 3.39. The van der Waals surface area contributed by atoms with E-state index in [9.17, 15) is 0 Å². The van der Waals surface area contributed by atoms with E-state index in [2.05, 4.69) is 41.2 Å². The van der Waals surface area contributed by atoms with Crippen molar-refractivity contribution >= 4 is 15.9 Å². The van der Waals surface area contributed by atoms with Gasteiger partial charge in [-0.25, -0.2) is 0 Å². The Balaban J connectivity index is 3.15. The molecule has 1 aromatic carbocycles. The molecular weight excluding hydrogens is 294 g/mol. The summed E-state index contributed by atoms with van der Waals surface area (Å²) in [6.45, 7) is 5.44. The third-order valence-electron chi connectivity index (χ3n) is 3.20. The molecule has 1 aromatic rings. The van der Waals surface area contributed by atoms with Gasteiger partial charge in [0.2, 0.25) is 0 Å². The molecule has 0 unspecified atom stereocenters. The molecule has 0 saturated heterocycles. The summed E-state index contributed by atoms with van der Waals surface area (Å²) in [5, 5.41) is 3.19. The summed E-state index contributed by atoms with van der Waals surface area (Å²) in [5.74, 6) is 1.52. The Labute approximate surface area is 118 Å². The molecule has 0 amide bonds. The average molecular weight is 316 g/mol. The van der Waals surface area contributed by atoms with Crippen LogP contribution in [-0.2, 0) is 5.41 Å². The average Bonchev–Trinajstić information content (AvgIpc) is 2.35. The predicted molar refractivity (Wildman–Crippen MR) is 78.8 cm³/mol. The van der Waals surface area contributed by atoms with Crippen molar-refractivity contribution in [2.45, 2.75) is 25.7 Å². The van der Waals surface area contributed by atoms with Crippen LogP contribution in [0.1, 0.15) is 25.8 Å². The van der Waals surface area contributed by atoms with E-state index in [4.69, 9.17) is 9.47 Å². The van der Waals surface area contributed by atoms with E-state index in [1.807, 2.05) is 13.1 Å². The fourth-order valence-electron chi connectivity index (χ4n) is 1.94. The lowest BCUT2D eigenvalue weighted by Crippen LogP contribution is -2.24. The minimum Gasteiger partial charge on any atom is -0.493 e. The second-order valence-corrected chi connectivity index (χ2v) is 5.78. The molecule has 0 aliphatic rings. The summed E-state index contributed by atoms with van der Waals surface area (Å²) in [6, 6.07) is 4.02. The molecule has 1 N–H and O–H groups in total. The molecule has 3 nitrogen and oxygen atoms in total. The molecule has 0 bridgehead atoms. The van der Waals surface area contributed by atoms with Crippen LogP contribution in [0.15, 0.2) is 16.6 Å². The van der Waals surface area contributed by atoms with Crippen LogP contribution in [0.2, 0.25) is 0 Å². The lowest BCUT2D eigenvalue weighted by molar-refractivity contribution is 0.352. The predicted octanol–water partition coefficient (Wildman–Crippen LogP) is 3.35. The lowest BCUT2D eigenvalue weighted by Gasteiger charge is -2.27. The Bertz CT molecular complexity index is 405. The monoisotopic (exact) mass is 315 g/mol. The van der Waals surface area contributed by atoms with Crippen molar-refractivity contribution in [2.24, 2.45) is 0 Å². The molecule has 0 aliphatic heterocycles. The van der Waals surface area contributed by atoms with Crippen LogP contribution in [0.4, 0.5) is 0 Å². The minimum absolute atomic E-state index is 0.0708. The number of ether oxygens (including phenoxy) is 2. The second kappa shape index (κ2) is 6.43. The van der Waals surface area contributed by atoms with Gasteiger partial charge in [0.1, 0.15) is 0 Å². The van der Waals surface area contributed by atoms with Crippen LogP contribution in [0.5, 0.6) is 11.5 Å². The molecule has 4 heteroatoms. The fourth-order valence-corrected chi connectivity index (χ4v) is 2.80. The summed E-state index contributed by atoms with van der Waals surface area (Å²) < 4.78 is 11.7. The van der Waals surface area contributed by atoms with Crippen LogP contribution in [-0.4, -0.2) is 27.8 Å². The van der Waals surface area contributed by atoms with Crippen LogP contribution < -0.4 is 14.8 Å². The quantitative estimate of drug-likeness (QED) is 0.873. The SMILES string of the molecule is CNCCC(C)(C)c1cc(OC)c(OC)cc1Br. The zero-order valence-electron chi connectivity index (χ0n) is 11.8. The van der Waals surface area contributed by atoms with Gasteiger partial charge in [-0.2, -0.15) is 0 Å². The van der Waals surface area contributed by atoms with Crippen molar-refractivity contribution < 1.29 is 9.47 Å². The van der Waals surface area contributed by atoms with E-state index in [1.54, 1.807) is 14.2 Å². The van der Waals surface area contributed by atoms with Gasteiger partial charge in [-0.3, -0.25) is 0 Å². The van der Waals surface area contributed by atoms with Crippen LogP contribution >= 0.6 is 15.9 Å². The fraction of sp³-hybridized carbons (Fsp3) is 0.571. The number of halogens is 1. The zero-order valence-corrected chi connectivity index (χ0v) is 13.3. The first-order valence-corrected chi connectivity index (χ1v) is 6.82. The highest BCUT2D eigenvalue weighted by molar-refractivity contribution is 9.10. The zero-order chi connectivity index (χ0) is 13.8. The van der Waals surface area contributed by atoms with Crippen molar-refractivity contribution in [3.05, 3.63) is 22.2 Å². The lowest BCUT2D eigenvalue weighted by atomic mass is 9.81. The standard InChI is InChI=1S/C14H22BrNO2/c1-14(2,6-7-16-3)10-8-12(17-4)13(18-5)9-11(10)15/h8-9,16H,6-7H2,1-5H3. The summed E-state index contributed by atoms with van der Waals surface area (Å²) in [4.78, 5) is 0. The number of nitrogens with one attached hydrogen (secondary N) is 1. The molecule has 0 heterocycles. The minimum atomic E-state index is 0.0708. The molecule has 0 aromatic heterocycles. The normalized spacial score (nSPS) is 11.4. The topological polar surface area (TPSA) is 30.5 Å². The van der Waals surface area contributed by atoms with Gasteiger partial charge < -0.3 is 14.8 Å². The van der Waals surface area contributed by atoms with E-state index >= 15 is 0 Å². The van der Waals surface area contributed by atoms with Gasteiger partial charge in [-0.05, 0) is 43.1 Å². The molecule has 0 fully saturated rings. The number of methoxy groups -OCH3 is 2. The highest BCUT2D eigenvalue weighted by atomic mass is 79.9. The van der Waals surface area contributed by atoms with Crippen LogP contribution in [0.3, 0.4) is 0 Å². The van der Waals surface area contributed by atoms with Gasteiger partial charge in [0.25, 0.3) is 0 Å². The Hall–Kier alpha value is -0.740. The van der Waals surface area contributed by atoms with E-state index in [1.165, 1.54) is 5.56 Å². The van der Waals surface area contributed by atoms with Gasteiger partial charge >= 0.3 is 0 Å². The van der Waals surface area contributed by atoms with Gasteiger partial charge in [-0.1, -0.05) is 29.8 Å². The summed E-state index contributed by atoms with van der Waals surface area (Å²) in [7, 11) is 5.28. The first kappa shape index (κ1) is 15.3. The molecule has 102 valence electrons. The maximum Gasteiger partial charge on any atom is 0.161 e. The molecule has 0 saturated carbocycles. The Morgan fingerprint density at radius 3 is 2.22 bits per heavy atom. The Kier molecular flexibility index (Phi) is 5.47. The summed E-state index contributed by atoms with van der Waals surface area (Å²) in [6.07, 6.45) is 1.05. The van der Waals surface area contributed by atoms with E-state index in [0.717, 1.165) is 28.9 Å². The van der Waals surface area contributed by atoms with Gasteiger partial charge in [0.15, 0.2) is 11.5 Å². The van der Waals surface area contributed by atoms with E-state index in [-0.39, 0.29) is 5.41 Å². The highest BCUT2D eigenvalue weighted by Gasteiger charge is 2.24. The van der Waals surface area contributed by atoms with Crippen molar-refractivity contribution in [3.8, 4) is 11.5 Å². The van der Waals surface area contributed by atoms with Gasteiger partial charge in [0.05, 0.1) is 14.2 Å². The smallest absolute Gasteiger partial charge is 0.161 e. The number of benzene rings is 1. The largest absolute Gasteiger partial charge is 0.493 e. The maximum absolute atomic E-state index is 5.37. The Morgan fingerprint density at radius 2 is 1.72 bits per heavy atom. The first-order chi connectivity index (χ1) is 8.46. The molecule has 0 aliphatic carbocycles. The molecular formula is C14H22BrNO2. The van der Waals surface area contributed by atoms with Gasteiger partial charge in [0, 0.05) is 4.47 Å². The third-order valence-corrected chi connectivity index (χ3v) is 3.86. The second-order valence-electron chi connectivity index (χ2n) is 4.92. The molecule has 0 radical (unpaired) electrons. The number of hydrogen-bond acceptors (Lipinski definition) is 3. The first-order valence-electron chi connectivity index (χ1n) is 6.03. The molecule has 18 heavy (non-hydrogen) atoms. The van der Waals surface area contributed by atoms with E-state index < -0.39 is 0 Å². The van der Waals surface area contributed by atoms with E-state index in [0.29, 0.717) is 0 Å². The number of rotatable bonds is 6.